The second kappa shape index (κ2) is 6.27. The third-order valence-electron chi connectivity index (χ3n) is 1.58. The number of thiol groups is 1. The molecule has 74 valence electrons. The van der Waals surface area contributed by atoms with E-state index < -0.39 is 0 Å². The molecule has 2 nitrogen and oxygen atoms in total. The van der Waals surface area contributed by atoms with Crippen LogP contribution >= 0.6 is 12.6 Å². The number of carbonyl (C=O) groups excluding carboxylic acids is 1. The SMILES string of the molecule is O=C(CCS)O/C=C/c1ccccc1. The van der Waals surface area contributed by atoms with Gasteiger partial charge in [0.1, 0.15) is 0 Å². The first-order valence-electron chi connectivity index (χ1n) is 4.35. The molecule has 0 saturated carbocycles. The van der Waals surface area contributed by atoms with Crippen molar-refractivity contribution in [2.75, 3.05) is 5.75 Å². The summed E-state index contributed by atoms with van der Waals surface area (Å²) in [6, 6.07) is 9.65. The first-order valence-corrected chi connectivity index (χ1v) is 4.98. The Labute approximate surface area is 89.0 Å². The van der Waals surface area contributed by atoms with Crippen molar-refractivity contribution >= 4 is 24.7 Å². The van der Waals surface area contributed by atoms with Crippen molar-refractivity contribution in [3.8, 4) is 0 Å². The zero-order chi connectivity index (χ0) is 10.2. The molecule has 0 atom stereocenters. The van der Waals surface area contributed by atoms with E-state index in [0.717, 1.165) is 5.56 Å². The van der Waals surface area contributed by atoms with Gasteiger partial charge >= 0.3 is 5.97 Å². The Balaban J connectivity index is 2.38. The van der Waals surface area contributed by atoms with E-state index in [0.29, 0.717) is 12.2 Å². The van der Waals surface area contributed by atoms with Gasteiger partial charge in [-0.15, -0.1) is 0 Å². The van der Waals surface area contributed by atoms with Crippen LogP contribution in [0.25, 0.3) is 6.08 Å². The molecule has 0 aromatic heterocycles. The molecule has 0 N–H and O–H groups in total. The molecule has 3 heteroatoms. The molecular formula is C11H12O2S. The molecule has 0 spiro atoms. The molecule has 0 bridgehead atoms. The summed E-state index contributed by atoms with van der Waals surface area (Å²) >= 11 is 3.93. The summed E-state index contributed by atoms with van der Waals surface area (Å²) in [6.45, 7) is 0. The number of hydrogen-bond donors (Lipinski definition) is 1. The van der Waals surface area contributed by atoms with Crippen molar-refractivity contribution in [3.05, 3.63) is 42.2 Å². The van der Waals surface area contributed by atoms with Crippen LogP contribution in [0.4, 0.5) is 0 Å². The number of esters is 1. The molecule has 0 fully saturated rings. The molecule has 0 aliphatic heterocycles. The molecule has 0 radical (unpaired) electrons. The van der Waals surface area contributed by atoms with Gasteiger partial charge in [0.05, 0.1) is 12.7 Å². The molecule has 0 saturated heterocycles. The van der Waals surface area contributed by atoms with Gasteiger partial charge in [-0.1, -0.05) is 30.3 Å². The van der Waals surface area contributed by atoms with Gasteiger partial charge in [0, 0.05) is 5.75 Å². The van der Waals surface area contributed by atoms with Crippen molar-refractivity contribution in [3.63, 3.8) is 0 Å². The Morgan fingerprint density at radius 2 is 2.07 bits per heavy atom. The minimum Gasteiger partial charge on any atom is -0.434 e. The normalized spacial score (nSPS) is 10.4. The number of ether oxygens (including phenoxy) is 1. The lowest BCUT2D eigenvalue weighted by Crippen LogP contribution is -1.99. The molecule has 1 rings (SSSR count). The predicted molar refractivity (Wildman–Crippen MR) is 60.0 cm³/mol. The average molecular weight is 208 g/mol. The fourth-order valence-electron chi connectivity index (χ4n) is 0.903. The van der Waals surface area contributed by atoms with E-state index in [1.54, 1.807) is 6.08 Å². The van der Waals surface area contributed by atoms with Gasteiger partial charge < -0.3 is 4.74 Å². The summed E-state index contributed by atoms with van der Waals surface area (Å²) in [5.41, 5.74) is 1.01. The number of hydrogen-bond acceptors (Lipinski definition) is 3. The Morgan fingerprint density at radius 1 is 1.36 bits per heavy atom. The Morgan fingerprint density at radius 3 is 2.71 bits per heavy atom. The van der Waals surface area contributed by atoms with Crippen molar-refractivity contribution in [1.82, 2.24) is 0 Å². The summed E-state index contributed by atoms with van der Waals surface area (Å²) in [6.07, 6.45) is 3.49. The first-order chi connectivity index (χ1) is 6.83. The molecule has 0 aliphatic rings. The highest BCUT2D eigenvalue weighted by molar-refractivity contribution is 7.80. The summed E-state index contributed by atoms with van der Waals surface area (Å²) in [5.74, 6) is 0.255. The van der Waals surface area contributed by atoms with Crippen LogP contribution in [-0.4, -0.2) is 11.7 Å². The predicted octanol–water partition coefficient (Wildman–Crippen LogP) is 2.52. The molecule has 0 heterocycles. The fraction of sp³-hybridized carbons (Fsp3) is 0.182. The molecular weight excluding hydrogens is 196 g/mol. The summed E-state index contributed by atoms with van der Waals surface area (Å²) in [4.78, 5) is 10.9. The van der Waals surface area contributed by atoms with Crippen molar-refractivity contribution in [2.45, 2.75) is 6.42 Å². The zero-order valence-corrected chi connectivity index (χ0v) is 8.61. The highest BCUT2D eigenvalue weighted by Gasteiger charge is 1.96. The van der Waals surface area contributed by atoms with Crippen LogP contribution in [0.3, 0.4) is 0 Å². The van der Waals surface area contributed by atoms with Crippen LogP contribution in [0, 0.1) is 0 Å². The van der Waals surface area contributed by atoms with E-state index in [1.165, 1.54) is 6.26 Å². The Hall–Kier alpha value is -1.22. The maximum absolute atomic E-state index is 10.9. The average Bonchev–Trinajstić information content (AvgIpc) is 2.20. The summed E-state index contributed by atoms with van der Waals surface area (Å²) in [5, 5.41) is 0. The van der Waals surface area contributed by atoms with Crippen molar-refractivity contribution in [2.24, 2.45) is 0 Å². The minimum absolute atomic E-state index is 0.257. The van der Waals surface area contributed by atoms with E-state index in [1.807, 2.05) is 30.3 Å². The zero-order valence-electron chi connectivity index (χ0n) is 7.72. The van der Waals surface area contributed by atoms with Crippen LogP contribution in [0.5, 0.6) is 0 Å². The summed E-state index contributed by atoms with van der Waals surface area (Å²) < 4.78 is 4.82. The van der Waals surface area contributed by atoms with Gasteiger partial charge in [0.15, 0.2) is 0 Å². The molecule has 0 unspecified atom stereocenters. The monoisotopic (exact) mass is 208 g/mol. The fourth-order valence-corrected chi connectivity index (χ4v) is 1.09. The number of benzene rings is 1. The minimum atomic E-state index is -0.257. The smallest absolute Gasteiger partial charge is 0.311 e. The van der Waals surface area contributed by atoms with E-state index in [-0.39, 0.29) is 5.97 Å². The van der Waals surface area contributed by atoms with Gasteiger partial charge in [0.25, 0.3) is 0 Å². The van der Waals surface area contributed by atoms with Crippen LogP contribution in [-0.2, 0) is 9.53 Å². The quantitative estimate of drug-likeness (QED) is 0.467. The molecule has 14 heavy (non-hydrogen) atoms. The van der Waals surface area contributed by atoms with Gasteiger partial charge in [-0.25, -0.2) is 0 Å². The number of rotatable bonds is 4. The van der Waals surface area contributed by atoms with Gasteiger partial charge in [-0.05, 0) is 11.6 Å². The van der Waals surface area contributed by atoms with Gasteiger partial charge in [-0.3, -0.25) is 4.79 Å². The van der Waals surface area contributed by atoms with Crippen LogP contribution in [0.15, 0.2) is 36.6 Å². The van der Waals surface area contributed by atoms with Crippen LogP contribution in [0.2, 0.25) is 0 Å². The van der Waals surface area contributed by atoms with Crippen molar-refractivity contribution < 1.29 is 9.53 Å². The first kappa shape index (κ1) is 10.9. The highest BCUT2D eigenvalue weighted by Crippen LogP contribution is 2.01. The Bertz CT molecular complexity index is 306. The van der Waals surface area contributed by atoms with Crippen LogP contribution < -0.4 is 0 Å². The third-order valence-corrected chi connectivity index (χ3v) is 1.80. The second-order valence-electron chi connectivity index (χ2n) is 2.68. The highest BCUT2D eigenvalue weighted by atomic mass is 32.1. The van der Waals surface area contributed by atoms with Crippen molar-refractivity contribution in [1.29, 1.82) is 0 Å². The van der Waals surface area contributed by atoms with Gasteiger partial charge in [-0.2, -0.15) is 12.6 Å². The lowest BCUT2D eigenvalue weighted by atomic mass is 10.2. The van der Waals surface area contributed by atoms with Crippen LogP contribution in [0.1, 0.15) is 12.0 Å². The summed E-state index contributed by atoms with van der Waals surface area (Å²) in [7, 11) is 0. The number of carbonyl (C=O) groups is 1. The van der Waals surface area contributed by atoms with E-state index >= 15 is 0 Å². The molecule has 0 amide bonds. The maximum Gasteiger partial charge on any atom is 0.311 e. The lowest BCUT2D eigenvalue weighted by Gasteiger charge is -1.95. The molecule has 0 aliphatic carbocycles. The topological polar surface area (TPSA) is 26.3 Å². The van der Waals surface area contributed by atoms with Gasteiger partial charge in [0.2, 0.25) is 0 Å². The van der Waals surface area contributed by atoms with E-state index in [9.17, 15) is 4.79 Å². The Kier molecular flexibility index (Phi) is 4.86. The standard InChI is InChI=1S/C11H12O2S/c12-11(7-9-14)13-8-6-10-4-2-1-3-5-10/h1-6,8,14H,7,9H2/b8-6+. The molecule has 1 aromatic rings. The second-order valence-corrected chi connectivity index (χ2v) is 3.12. The maximum atomic E-state index is 10.9. The van der Waals surface area contributed by atoms with E-state index in [2.05, 4.69) is 12.6 Å². The molecule has 1 aromatic carbocycles. The third kappa shape index (κ3) is 4.14. The lowest BCUT2D eigenvalue weighted by molar-refractivity contribution is -0.137. The van der Waals surface area contributed by atoms with E-state index in [4.69, 9.17) is 4.74 Å². The largest absolute Gasteiger partial charge is 0.434 e.